The van der Waals surface area contributed by atoms with Crippen LogP contribution in [0.4, 0.5) is 17.1 Å². The van der Waals surface area contributed by atoms with E-state index < -0.39 is 0 Å². The molecule has 1 aromatic heterocycles. The van der Waals surface area contributed by atoms with E-state index in [-0.39, 0.29) is 11.5 Å². The van der Waals surface area contributed by atoms with Crippen LogP contribution in [-0.2, 0) is 12.8 Å². The third-order valence-electron chi connectivity index (χ3n) is 7.40. The van der Waals surface area contributed by atoms with Crippen molar-refractivity contribution in [2.24, 2.45) is 4.99 Å². The molecule has 3 aromatic carbocycles. The number of hydrogen-bond donors (Lipinski definition) is 1. The molecular weight excluding hydrogens is 494 g/mol. The molecule has 0 bridgehead atoms. The van der Waals surface area contributed by atoms with Crippen molar-refractivity contribution in [3.05, 3.63) is 76.8 Å². The lowest BCUT2D eigenvalue weighted by atomic mass is 9.90. The van der Waals surface area contributed by atoms with Gasteiger partial charge in [-0.2, -0.15) is 0 Å². The highest BCUT2D eigenvalue weighted by Crippen LogP contribution is 2.40. The predicted octanol–water partition coefficient (Wildman–Crippen LogP) is 5.64. The smallest absolute Gasteiger partial charge is 0.261 e. The van der Waals surface area contributed by atoms with Crippen LogP contribution in [0, 0.1) is 0 Å². The first-order chi connectivity index (χ1) is 19.1. The summed E-state index contributed by atoms with van der Waals surface area (Å²) >= 11 is 0. The molecule has 0 saturated carbocycles. The number of nitrogens with one attached hydrogen (secondary N) is 1. The van der Waals surface area contributed by atoms with Crippen molar-refractivity contribution < 1.29 is 23.4 Å². The number of carbonyl (C=O) groups excluding carboxylic acids is 1. The molecule has 0 radical (unpaired) electrons. The molecule has 0 aliphatic carbocycles. The molecule has 4 aromatic rings. The Labute approximate surface area is 226 Å². The summed E-state index contributed by atoms with van der Waals surface area (Å²) in [6.07, 6.45) is 4.14. The van der Waals surface area contributed by atoms with E-state index in [1.54, 1.807) is 51.7 Å². The molecule has 8 heteroatoms. The van der Waals surface area contributed by atoms with Crippen molar-refractivity contribution in [2.45, 2.75) is 25.7 Å². The fraction of sp³-hybridized carbons (Fsp3) is 0.290. The second-order valence-corrected chi connectivity index (χ2v) is 9.78. The number of methoxy groups -OCH3 is 3. The van der Waals surface area contributed by atoms with Gasteiger partial charge >= 0.3 is 0 Å². The summed E-state index contributed by atoms with van der Waals surface area (Å²) < 4.78 is 22.9. The zero-order valence-corrected chi connectivity index (χ0v) is 22.4. The van der Waals surface area contributed by atoms with Crippen molar-refractivity contribution >= 4 is 33.9 Å². The molecule has 3 heterocycles. The summed E-state index contributed by atoms with van der Waals surface area (Å²) in [5.41, 5.74) is 6.25. The van der Waals surface area contributed by atoms with Crippen molar-refractivity contribution in [2.75, 3.05) is 44.6 Å². The maximum absolute atomic E-state index is 13.7. The molecule has 0 spiro atoms. The number of anilines is 2. The minimum absolute atomic E-state index is 0.217. The first kappa shape index (κ1) is 24.9. The molecule has 0 fully saturated rings. The number of carbonyl (C=O) groups is 1. The second kappa shape index (κ2) is 10.4. The van der Waals surface area contributed by atoms with Gasteiger partial charge in [0.05, 0.1) is 32.7 Å². The van der Waals surface area contributed by atoms with Crippen LogP contribution in [0.25, 0.3) is 11.0 Å². The molecule has 0 atom stereocenters. The zero-order valence-electron chi connectivity index (χ0n) is 22.4. The lowest BCUT2D eigenvalue weighted by Crippen LogP contribution is -2.34. The van der Waals surface area contributed by atoms with Crippen LogP contribution < -0.4 is 30.0 Å². The van der Waals surface area contributed by atoms with Gasteiger partial charge in [-0.25, -0.2) is 4.99 Å². The average molecular weight is 526 g/mol. The molecule has 1 N–H and O–H groups in total. The number of benzene rings is 3. The molecule has 1 amide bonds. The molecule has 0 unspecified atom stereocenters. The topological polar surface area (TPSA) is 85.5 Å². The highest BCUT2D eigenvalue weighted by atomic mass is 16.5. The molecule has 2 aliphatic heterocycles. The Morgan fingerprint density at radius 3 is 2.41 bits per heavy atom. The normalized spacial score (nSPS) is 14.6. The van der Waals surface area contributed by atoms with Gasteiger partial charge in [0.15, 0.2) is 0 Å². The number of nitrogens with zero attached hydrogens (tertiary/aromatic N) is 2. The second-order valence-electron chi connectivity index (χ2n) is 9.78. The Balaban J connectivity index is 1.57. The number of rotatable bonds is 6. The van der Waals surface area contributed by atoms with Gasteiger partial charge in [0.2, 0.25) is 5.55 Å². The third-order valence-corrected chi connectivity index (χ3v) is 7.40. The number of para-hydroxylation sites is 2. The Hall–Kier alpha value is -4.46. The summed E-state index contributed by atoms with van der Waals surface area (Å²) in [6.45, 7) is 2.12. The first-order valence-electron chi connectivity index (χ1n) is 13.2. The number of hydrogen-bond acceptors (Lipinski definition) is 7. The van der Waals surface area contributed by atoms with E-state index in [2.05, 4.69) is 16.3 Å². The van der Waals surface area contributed by atoms with Gasteiger partial charge in [0.1, 0.15) is 28.4 Å². The van der Waals surface area contributed by atoms with Gasteiger partial charge in [-0.3, -0.25) is 4.79 Å². The van der Waals surface area contributed by atoms with E-state index in [1.807, 2.05) is 18.2 Å². The Morgan fingerprint density at radius 2 is 1.67 bits per heavy atom. The van der Waals surface area contributed by atoms with Gasteiger partial charge in [0, 0.05) is 47.9 Å². The predicted molar refractivity (Wildman–Crippen MR) is 151 cm³/mol. The summed E-state index contributed by atoms with van der Waals surface area (Å²) in [6, 6.07) is 16.7. The van der Waals surface area contributed by atoms with Gasteiger partial charge in [-0.15, -0.1) is 0 Å². The number of aryl methyl sites for hydroxylation is 2. The van der Waals surface area contributed by atoms with Crippen LogP contribution in [0.2, 0.25) is 0 Å². The Morgan fingerprint density at radius 1 is 0.923 bits per heavy atom. The van der Waals surface area contributed by atoms with E-state index in [4.69, 9.17) is 23.6 Å². The van der Waals surface area contributed by atoms with E-state index in [0.29, 0.717) is 34.2 Å². The SMILES string of the molecule is COc1cc(N=c2oc3c4c5c(cc3cc2C(=O)Nc2ccccc2OC)CCCN5CCC4)cc(OC)c1. The van der Waals surface area contributed by atoms with Crippen molar-refractivity contribution in [3.63, 3.8) is 0 Å². The lowest BCUT2D eigenvalue weighted by Gasteiger charge is -2.37. The molecule has 0 saturated heterocycles. The van der Waals surface area contributed by atoms with E-state index in [9.17, 15) is 4.79 Å². The zero-order chi connectivity index (χ0) is 26.9. The fourth-order valence-corrected chi connectivity index (χ4v) is 5.61. The van der Waals surface area contributed by atoms with Gasteiger partial charge in [-0.1, -0.05) is 12.1 Å². The summed E-state index contributed by atoms with van der Waals surface area (Å²) in [7, 11) is 4.75. The van der Waals surface area contributed by atoms with Crippen LogP contribution in [0.5, 0.6) is 17.2 Å². The van der Waals surface area contributed by atoms with Gasteiger partial charge in [-0.05, 0) is 55.5 Å². The minimum atomic E-state index is -0.341. The maximum Gasteiger partial charge on any atom is 0.261 e. The van der Waals surface area contributed by atoms with Crippen LogP contribution in [0.15, 0.2) is 64.0 Å². The monoisotopic (exact) mass is 525 g/mol. The number of amides is 1. The fourth-order valence-electron chi connectivity index (χ4n) is 5.61. The van der Waals surface area contributed by atoms with Crippen molar-refractivity contribution in [3.8, 4) is 17.2 Å². The summed E-state index contributed by atoms with van der Waals surface area (Å²) in [5, 5.41) is 3.88. The maximum atomic E-state index is 13.7. The van der Waals surface area contributed by atoms with Gasteiger partial charge in [0.25, 0.3) is 5.91 Å². The number of fused-ring (bicyclic) bond motifs is 2. The van der Waals surface area contributed by atoms with Crippen molar-refractivity contribution in [1.82, 2.24) is 0 Å². The molecular formula is C31H31N3O5. The molecule has 2 aliphatic rings. The molecule has 200 valence electrons. The van der Waals surface area contributed by atoms with Crippen molar-refractivity contribution in [1.29, 1.82) is 0 Å². The Kier molecular flexibility index (Phi) is 6.60. The molecule has 6 rings (SSSR count). The van der Waals surface area contributed by atoms with Crippen LogP contribution in [0.3, 0.4) is 0 Å². The van der Waals surface area contributed by atoms with E-state index in [0.717, 1.165) is 49.7 Å². The van der Waals surface area contributed by atoms with Crippen LogP contribution >= 0.6 is 0 Å². The summed E-state index contributed by atoms with van der Waals surface area (Å²) in [5.74, 6) is 1.41. The summed E-state index contributed by atoms with van der Waals surface area (Å²) in [4.78, 5) is 21.0. The number of ether oxygens (including phenoxy) is 3. The lowest BCUT2D eigenvalue weighted by molar-refractivity contribution is 0.102. The molecule has 8 nitrogen and oxygen atoms in total. The van der Waals surface area contributed by atoms with E-state index >= 15 is 0 Å². The largest absolute Gasteiger partial charge is 0.497 e. The van der Waals surface area contributed by atoms with Crippen LogP contribution in [0.1, 0.15) is 34.3 Å². The van der Waals surface area contributed by atoms with Gasteiger partial charge < -0.3 is 28.8 Å². The average Bonchev–Trinajstić information content (AvgIpc) is 2.97. The minimum Gasteiger partial charge on any atom is -0.497 e. The molecule has 39 heavy (non-hydrogen) atoms. The standard InChI is InChI=1S/C31H31N3O5/c1-36-22-16-21(17-23(18-22)37-2)32-31-25(30(35)33-26-10-4-5-11-27(26)38-3)15-20-14-19-8-6-12-34-13-7-9-24(28(19)34)29(20)39-31/h4-5,10-11,14-18H,6-9,12-13H2,1-3H3,(H,33,35). The Bertz CT molecular complexity index is 1620. The quantitative estimate of drug-likeness (QED) is 0.351. The highest BCUT2D eigenvalue weighted by molar-refractivity contribution is 6.06. The highest BCUT2D eigenvalue weighted by Gasteiger charge is 2.27. The first-order valence-corrected chi connectivity index (χ1v) is 13.2. The van der Waals surface area contributed by atoms with E-state index in [1.165, 1.54) is 16.8 Å². The van der Waals surface area contributed by atoms with Crippen LogP contribution in [-0.4, -0.2) is 40.3 Å². The third kappa shape index (κ3) is 4.67.